The van der Waals surface area contributed by atoms with Gasteiger partial charge < -0.3 is 0 Å². The van der Waals surface area contributed by atoms with Gasteiger partial charge in [0.25, 0.3) is 0 Å². The van der Waals surface area contributed by atoms with Crippen LogP contribution in [0.25, 0.3) is 0 Å². The van der Waals surface area contributed by atoms with E-state index >= 15 is 0 Å². The second kappa shape index (κ2) is 4.36. The first-order valence-corrected chi connectivity index (χ1v) is 4.61. The Balaban J connectivity index is 3.64. The molecule has 0 bridgehead atoms. The number of nitrogens with one attached hydrogen (secondary N) is 1. The Hall–Kier alpha value is 0.470. The van der Waals surface area contributed by atoms with Gasteiger partial charge in [-0.15, -0.1) is 11.6 Å². The summed E-state index contributed by atoms with van der Waals surface area (Å²) in [6.07, 6.45) is 3.49. The minimum absolute atomic E-state index is 0.332. The summed E-state index contributed by atoms with van der Waals surface area (Å²) in [4.78, 5) is 0. The first kappa shape index (κ1) is 8.47. The molecular weight excluding hydrogens is 165 g/mol. The van der Waals surface area contributed by atoms with Crippen molar-refractivity contribution < 1.29 is 0 Å². The maximum Gasteiger partial charge on any atom is 0.122 e. The maximum atomic E-state index is 6.90. The fourth-order valence-electron chi connectivity index (χ4n) is 0.220. The van der Waals surface area contributed by atoms with Gasteiger partial charge in [0.1, 0.15) is 4.71 Å². The predicted molar refractivity (Wildman–Crippen MR) is 40.4 cm³/mol. The average Bonchev–Trinajstić information content (AvgIpc) is 1.67. The molecule has 0 aliphatic rings. The van der Waals surface area contributed by atoms with Gasteiger partial charge >= 0.3 is 0 Å². The van der Waals surface area contributed by atoms with Crippen LogP contribution in [0.4, 0.5) is 0 Å². The molecule has 4 heteroatoms. The van der Waals surface area contributed by atoms with Crippen LogP contribution in [0.1, 0.15) is 6.92 Å². The van der Waals surface area contributed by atoms with Crippen LogP contribution in [-0.4, -0.2) is 4.71 Å². The highest BCUT2D eigenvalue weighted by molar-refractivity contribution is 8.10. The molecule has 48 valence electrons. The molecule has 0 aromatic carbocycles. The molecule has 8 heavy (non-hydrogen) atoms. The van der Waals surface area contributed by atoms with Crippen molar-refractivity contribution >= 4 is 32.2 Å². The van der Waals surface area contributed by atoms with Crippen molar-refractivity contribution in [2.45, 2.75) is 11.6 Å². The highest BCUT2D eigenvalue weighted by atomic mass is 35.7. The first-order chi connectivity index (χ1) is 3.68. The van der Waals surface area contributed by atoms with Gasteiger partial charge in [0.15, 0.2) is 0 Å². The monoisotopic (exact) mass is 171 g/mol. The lowest BCUT2D eigenvalue weighted by Gasteiger charge is -1.95. The molecule has 0 fully saturated rings. The lowest BCUT2D eigenvalue weighted by atomic mass is 10.6. The largest absolute Gasteiger partial charge is 0.264 e. The molecule has 0 saturated carbocycles. The third-order valence-electron chi connectivity index (χ3n) is 0.541. The molecule has 0 aromatic heterocycles. The number of hydrogen-bond acceptors (Lipinski definition) is 1. The van der Waals surface area contributed by atoms with E-state index in [1.807, 2.05) is 6.92 Å². The summed E-state index contributed by atoms with van der Waals surface area (Å²) < 4.78 is 6.57. The van der Waals surface area contributed by atoms with Crippen LogP contribution < -0.4 is 0 Å². The van der Waals surface area contributed by atoms with Crippen molar-refractivity contribution in [3.05, 3.63) is 12.2 Å². The van der Waals surface area contributed by atoms with Crippen molar-refractivity contribution in [3.63, 3.8) is 0 Å². The Kier molecular flexibility index (Phi) is 4.61. The second-order valence-corrected chi connectivity index (χ2v) is 3.96. The van der Waals surface area contributed by atoms with E-state index in [2.05, 4.69) is 0 Å². The van der Waals surface area contributed by atoms with Crippen molar-refractivity contribution in [2.75, 3.05) is 0 Å². The molecule has 1 nitrogen and oxygen atoms in total. The van der Waals surface area contributed by atoms with E-state index in [0.29, 0.717) is 0 Å². The van der Waals surface area contributed by atoms with Crippen LogP contribution in [0.5, 0.6) is 0 Å². The normalized spacial score (nSPS) is 18.9. The minimum atomic E-state index is -0.959. The number of halogens is 2. The van der Waals surface area contributed by atoms with E-state index in [-0.39, 0.29) is 4.71 Å². The van der Waals surface area contributed by atoms with Gasteiger partial charge in [-0.25, -0.2) is 0 Å². The van der Waals surface area contributed by atoms with Gasteiger partial charge in [-0.1, -0.05) is 12.2 Å². The highest BCUT2D eigenvalue weighted by Gasteiger charge is 1.98. The van der Waals surface area contributed by atoms with Gasteiger partial charge in [-0.2, -0.15) is 0 Å². The first-order valence-electron chi connectivity index (χ1n) is 2.06. The van der Waals surface area contributed by atoms with Gasteiger partial charge in [0, 0.05) is 9.90 Å². The van der Waals surface area contributed by atoms with Crippen molar-refractivity contribution in [3.8, 4) is 0 Å². The van der Waals surface area contributed by atoms with E-state index in [1.54, 1.807) is 12.2 Å². The molecule has 0 heterocycles. The summed E-state index contributed by atoms with van der Waals surface area (Å²) in [6, 6.07) is 0. The fourth-order valence-corrected chi connectivity index (χ4v) is 0.839. The molecule has 0 rings (SSSR count). The van der Waals surface area contributed by atoms with Crippen LogP contribution in [-0.2, 0) is 9.90 Å². The molecule has 1 N–H and O–H groups in total. The second-order valence-electron chi connectivity index (χ2n) is 1.16. The molecule has 2 unspecified atom stereocenters. The van der Waals surface area contributed by atoms with E-state index < -0.39 is 9.90 Å². The summed E-state index contributed by atoms with van der Waals surface area (Å²) in [6.45, 7) is 1.85. The average molecular weight is 172 g/mol. The van der Waals surface area contributed by atoms with Crippen molar-refractivity contribution in [1.82, 2.24) is 0 Å². The molecular formula is C4H7Cl2NS. The number of rotatable bonds is 2. The summed E-state index contributed by atoms with van der Waals surface area (Å²) >= 11 is 5.52. The van der Waals surface area contributed by atoms with E-state index in [4.69, 9.17) is 27.1 Å². The molecule has 0 aromatic rings. The quantitative estimate of drug-likeness (QED) is 0.489. The number of hydrogen-bond donors (Lipinski definition) is 1. The summed E-state index contributed by atoms with van der Waals surface area (Å²) in [5.74, 6) is 0. The Morgan fingerprint density at radius 1 is 1.75 bits per heavy atom. The lowest BCUT2D eigenvalue weighted by Crippen LogP contribution is -1.93. The molecule has 0 radical (unpaired) electrons. The minimum Gasteiger partial charge on any atom is -0.264 e. The van der Waals surface area contributed by atoms with E-state index in [1.165, 1.54) is 0 Å². The molecule has 2 atom stereocenters. The van der Waals surface area contributed by atoms with Crippen molar-refractivity contribution in [2.24, 2.45) is 0 Å². The number of alkyl halides is 1. The Bertz CT molecular complexity index is 113. The molecule has 0 amide bonds. The third-order valence-corrected chi connectivity index (χ3v) is 2.62. The molecule has 0 saturated heterocycles. The zero-order chi connectivity index (χ0) is 6.57. The van der Waals surface area contributed by atoms with Crippen LogP contribution in [0.3, 0.4) is 0 Å². The zero-order valence-electron chi connectivity index (χ0n) is 4.40. The predicted octanol–water partition coefficient (Wildman–Crippen LogP) is 2.66. The van der Waals surface area contributed by atoms with E-state index in [9.17, 15) is 0 Å². The van der Waals surface area contributed by atoms with Crippen LogP contribution in [0, 0.1) is 4.78 Å². The lowest BCUT2D eigenvalue weighted by molar-refractivity contribution is 1.53. The summed E-state index contributed by atoms with van der Waals surface area (Å²) in [7, 11) is 4.36. The third kappa shape index (κ3) is 3.47. The summed E-state index contributed by atoms with van der Waals surface area (Å²) in [5, 5.41) is 0. The summed E-state index contributed by atoms with van der Waals surface area (Å²) in [5.41, 5.74) is 0. The van der Waals surface area contributed by atoms with Crippen molar-refractivity contribution in [1.29, 1.82) is 4.78 Å². The van der Waals surface area contributed by atoms with Gasteiger partial charge in [-0.05, 0) is 17.6 Å². The molecule has 0 aliphatic heterocycles. The Labute approximate surface area is 61.1 Å². The highest BCUT2D eigenvalue weighted by Crippen LogP contribution is 2.07. The molecule has 0 aliphatic carbocycles. The Morgan fingerprint density at radius 2 is 2.25 bits per heavy atom. The van der Waals surface area contributed by atoms with Gasteiger partial charge in [0.2, 0.25) is 0 Å². The Morgan fingerprint density at radius 3 is 2.38 bits per heavy atom. The van der Waals surface area contributed by atoms with E-state index in [0.717, 1.165) is 0 Å². The van der Waals surface area contributed by atoms with Gasteiger partial charge in [0.05, 0.1) is 0 Å². The van der Waals surface area contributed by atoms with Crippen LogP contribution >= 0.6 is 22.3 Å². The van der Waals surface area contributed by atoms with Gasteiger partial charge in [-0.3, -0.25) is 4.78 Å². The smallest absolute Gasteiger partial charge is 0.122 e. The topological polar surface area (TPSA) is 23.9 Å². The SMILES string of the molecule is CC=CC(Cl)S(=N)Cl. The fraction of sp³-hybridized carbons (Fsp3) is 0.500. The maximum absolute atomic E-state index is 6.90. The number of allylic oxidation sites excluding steroid dienone is 1. The van der Waals surface area contributed by atoms with Crippen LogP contribution in [0.2, 0.25) is 0 Å². The molecule has 0 spiro atoms. The van der Waals surface area contributed by atoms with Crippen LogP contribution in [0.15, 0.2) is 12.2 Å². The standard InChI is InChI=1S/C4H7Cl2NS/c1-2-3-4(5)8(6)7/h2-4,7H,1H3. The zero-order valence-corrected chi connectivity index (χ0v) is 6.72.